The highest BCUT2D eigenvalue weighted by atomic mass is 19.1. The fraction of sp³-hybridized carbons (Fsp3) is 0.538. The quantitative estimate of drug-likeness (QED) is 0.822. The average Bonchev–Trinajstić information content (AvgIpc) is 2.72. The predicted molar refractivity (Wildman–Crippen MR) is 64.7 cm³/mol. The van der Waals surface area contributed by atoms with Crippen LogP contribution in [-0.4, -0.2) is 42.6 Å². The second-order valence-electron chi connectivity index (χ2n) is 5.08. The number of methoxy groups -OCH3 is 1. The highest BCUT2D eigenvalue weighted by molar-refractivity contribution is 5.92. The minimum Gasteiger partial charge on any atom is -0.384 e. The third-order valence-corrected chi connectivity index (χ3v) is 3.28. The summed E-state index contributed by atoms with van der Waals surface area (Å²) in [6, 6.07) is 2.67. The maximum absolute atomic E-state index is 12.7. The van der Waals surface area contributed by atoms with Crippen LogP contribution in [0, 0.1) is 11.2 Å². The van der Waals surface area contributed by atoms with E-state index in [1.54, 1.807) is 12.0 Å². The number of carbonyl (C=O) groups is 1. The Morgan fingerprint density at radius 1 is 1.61 bits per heavy atom. The van der Waals surface area contributed by atoms with Crippen LogP contribution in [0.4, 0.5) is 4.39 Å². The number of halogens is 1. The maximum Gasteiger partial charge on any atom is 0.272 e. The zero-order chi connectivity index (χ0) is 13.2. The minimum absolute atomic E-state index is 0.00441. The summed E-state index contributed by atoms with van der Waals surface area (Å²) in [5.74, 6) is -0.577. The first kappa shape index (κ1) is 13.0. The van der Waals surface area contributed by atoms with Gasteiger partial charge in [-0.15, -0.1) is 0 Å². The third kappa shape index (κ3) is 2.67. The van der Waals surface area contributed by atoms with E-state index in [1.165, 1.54) is 12.1 Å². The Morgan fingerprint density at radius 2 is 2.39 bits per heavy atom. The summed E-state index contributed by atoms with van der Waals surface area (Å²) >= 11 is 0. The van der Waals surface area contributed by atoms with Gasteiger partial charge in [-0.3, -0.25) is 4.79 Å². The number of hydrogen-bond acceptors (Lipinski definition) is 3. The molecule has 0 bridgehead atoms. The van der Waals surface area contributed by atoms with Gasteiger partial charge in [0.1, 0.15) is 11.5 Å². The van der Waals surface area contributed by atoms with E-state index in [2.05, 4.69) is 11.9 Å². The highest BCUT2D eigenvalue weighted by Crippen LogP contribution is 2.30. The zero-order valence-electron chi connectivity index (χ0n) is 10.6. The number of rotatable bonds is 3. The van der Waals surface area contributed by atoms with Gasteiger partial charge in [0, 0.05) is 25.6 Å². The van der Waals surface area contributed by atoms with Crippen LogP contribution >= 0.6 is 0 Å². The molecule has 2 rings (SSSR count). The molecule has 98 valence electrons. The molecule has 2 heterocycles. The Morgan fingerprint density at radius 3 is 3.00 bits per heavy atom. The molecule has 0 saturated carbocycles. The lowest BCUT2D eigenvalue weighted by Gasteiger charge is -2.23. The first-order chi connectivity index (χ1) is 8.54. The molecule has 5 heteroatoms. The monoisotopic (exact) mass is 252 g/mol. The molecule has 0 radical (unpaired) electrons. The molecule has 1 aliphatic heterocycles. The molecule has 1 aromatic heterocycles. The molecule has 4 nitrogen and oxygen atoms in total. The van der Waals surface area contributed by atoms with Gasteiger partial charge in [-0.05, 0) is 18.6 Å². The van der Waals surface area contributed by atoms with Gasteiger partial charge in [-0.25, -0.2) is 9.37 Å². The van der Waals surface area contributed by atoms with Gasteiger partial charge < -0.3 is 9.64 Å². The summed E-state index contributed by atoms with van der Waals surface area (Å²) in [5.41, 5.74) is 0.294. The Bertz CT molecular complexity index is 435. The van der Waals surface area contributed by atoms with E-state index >= 15 is 0 Å². The lowest BCUT2D eigenvalue weighted by molar-refractivity contribution is 0.0705. The SMILES string of the molecule is COCC1(C)CCN(C(=O)c2ccc(F)cn2)C1. The molecule has 1 aromatic rings. The number of hydrogen-bond donors (Lipinski definition) is 0. The summed E-state index contributed by atoms with van der Waals surface area (Å²) in [4.78, 5) is 17.7. The van der Waals surface area contributed by atoms with Crippen LogP contribution < -0.4 is 0 Å². The summed E-state index contributed by atoms with van der Waals surface area (Å²) in [6.07, 6.45) is 1.98. The molecular formula is C13H17FN2O2. The zero-order valence-corrected chi connectivity index (χ0v) is 10.6. The summed E-state index contributed by atoms with van der Waals surface area (Å²) in [6.45, 7) is 4.08. The van der Waals surface area contributed by atoms with E-state index in [0.29, 0.717) is 19.7 Å². The topological polar surface area (TPSA) is 42.4 Å². The largest absolute Gasteiger partial charge is 0.384 e. The predicted octanol–water partition coefficient (Wildman–Crippen LogP) is 1.72. The first-order valence-electron chi connectivity index (χ1n) is 5.94. The van der Waals surface area contributed by atoms with E-state index in [9.17, 15) is 9.18 Å². The van der Waals surface area contributed by atoms with Gasteiger partial charge in [0.05, 0.1) is 12.8 Å². The van der Waals surface area contributed by atoms with Gasteiger partial charge in [0.2, 0.25) is 0 Å². The van der Waals surface area contributed by atoms with Gasteiger partial charge in [0.15, 0.2) is 0 Å². The van der Waals surface area contributed by atoms with Gasteiger partial charge >= 0.3 is 0 Å². The maximum atomic E-state index is 12.7. The van der Waals surface area contributed by atoms with Crippen molar-refractivity contribution in [1.29, 1.82) is 0 Å². The normalized spacial score (nSPS) is 23.4. The first-order valence-corrected chi connectivity index (χ1v) is 5.94. The fourth-order valence-corrected chi connectivity index (χ4v) is 2.33. The van der Waals surface area contributed by atoms with Crippen molar-refractivity contribution in [2.75, 3.05) is 26.8 Å². The molecule has 0 aliphatic carbocycles. The van der Waals surface area contributed by atoms with Gasteiger partial charge in [-0.2, -0.15) is 0 Å². The Labute approximate surface area is 106 Å². The second kappa shape index (κ2) is 5.02. The van der Waals surface area contributed by atoms with Crippen molar-refractivity contribution in [2.24, 2.45) is 5.41 Å². The molecule has 0 N–H and O–H groups in total. The molecule has 1 saturated heterocycles. The Kier molecular flexibility index (Phi) is 3.61. The molecule has 0 spiro atoms. The van der Waals surface area contributed by atoms with Crippen LogP contribution in [0.1, 0.15) is 23.8 Å². The Hall–Kier alpha value is -1.49. The number of amides is 1. The van der Waals surface area contributed by atoms with Crippen molar-refractivity contribution in [2.45, 2.75) is 13.3 Å². The number of carbonyl (C=O) groups excluding carboxylic acids is 1. The molecule has 1 atom stereocenters. The molecule has 1 amide bonds. The van der Waals surface area contributed by atoms with Crippen LogP contribution in [0.25, 0.3) is 0 Å². The molecule has 18 heavy (non-hydrogen) atoms. The van der Waals surface area contributed by atoms with Crippen LogP contribution in [0.2, 0.25) is 0 Å². The van der Waals surface area contributed by atoms with Crippen molar-refractivity contribution in [3.63, 3.8) is 0 Å². The standard InChI is InChI=1S/C13H17FN2O2/c1-13(9-18-2)5-6-16(8-13)12(17)11-4-3-10(14)7-15-11/h3-4,7H,5-6,8-9H2,1-2H3. The van der Waals surface area contributed by atoms with Crippen LogP contribution in [0.15, 0.2) is 18.3 Å². The van der Waals surface area contributed by atoms with E-state index in [0.717, 1.165) is 12.6 Å². The van der Waals surface area contributed by atoms with Crippen LogP contribution in [0.3, 0.4) is 0 Å². The van der Waals surface area contributed by atoms with E-state index in [1.807, 2.05) is 0 Å². The number of likely N-dealkylation sites (tertiary alicyclic amines) is 1. The van der Waals surface area contributed by atoms with Crippen molar-refractivity contribution in [3.8, 4) is 0 Å². The molecule has 1 aliphatic rings. The highest BCUT2D eigenvalue weighted by Gasteiger charge is 2.36. The lowest BCUT2D eigenvalue weighted by Crippen LogP contribution is -2.33. The van der Waals surface area contributed by atoms with E-state index in [-0.39, 0.29) is 17.0 Å². The third-order valence-electron chi connectivity index (χ3n) is 3.28. The van der Waals surface area contributed by atoms with Gasteiger partial charge in [-0.1, -0.05) is 6.92 Å². The smallest absolute Gasteiger partial charge is 0.272 e. The molecule has 1 fully saturated rings. The number of pyridine rings is 1. The van der Waals surface area contributed by atoms with Crippen molar-refractivity contribution in [3.05, 3.63) is 29.8 Å². The number of aromatic nitrogens is 1. The minimum atomic E-state index is -0.433. The summed E-state index contributed by atoms with van der Waals surface area (Å²) in [5, 5.41) is 0. The summed E-state index contributed by atoms with van der Waals surface area (Å²) < 4.78 is 17.9. The average molecular weight is 252 g/mol. The van der Waals surface area contributed by atoms with Gasteiger partial charge in [0.25, 0.3) is 5.91 Å². The Balaban J connectivity index is 2.05. The lowest BCUT2D eigenvalue weighted by atomic mass is 9.91. The van der Waals surface area contributed by atoms with Crippen molar-refractivity contribution >= 4 is 5.91 Å². The van der Waals surface area contributed by atoms with Crippen LogP contribution in [-0.2, 0) is 4.74 Å². The van der Waals surface area contributed by atoms with Crippen molar-refractivity contribution < 1.29 is 13.9 Å². The van der Waals surface area contributed by atoms with Crippen molar-refractivity contribution in [1.82, 2.24) is 9.88 Å². The summed E-state index contributed by atoms with van der Waals surface area (Å²) in [7, 11) is 1.66. The van der Waals surface area contributed by atoms with E-state index < -0.39 is 5.82 Å². The number of ether oxygens (including phenoxy) is 1. The molecular weight excluding hydrogens is 235 g/mol. The molecule has 0 aromatic carbocycles. The molecule has 1 unspecified atom stereocenters. The van der Waals surface area contributed by atoms with E-state index in [4.69, 9.17) is 4.74 Å². The van der Waals surface area contributed by atoms with Crippen LogP contribution in [0.5, 0.6) is 0 Å². The second-order valence-corrected chi connectivity index (χ2v) is 5.08. The number of nitrogens with zero attached hydrogens (tertiary/aromatic N) is 2. The fourth-order valence-electron chi connectivity index (χ4n) is 2.33.